The molecule has 0 aliphatic rings. The normalized spacial score (nSPS) is 11.9. The number of anilines is 1. The molecule has 1 amide bonds. The molecular weight excluding hydrogens is 248 g/mol. The molecule has 0 aliphatic heterocycles. The molecule has 20 heavy (non-hydrogen) atoms. The summed E-state index contributed by atoms with van der Waals surface area (Å²) in [5.41, 5.74) is 1.79. The monoisotopic (exact) mass is 276 g/mol. The van der Waals surface area contributed by atoms with Gasteiger partial charge in [0.15, 0.2) is 0 Å². The molecule has 0 saturated carbocycles. The fraction of sp³-hybridized carbons (Fsp3) is 0.588. The van der Waals surface area contributed by atoms with E-state index in [2.05, 4.69) is 31.4 Å². The van der Waals surface area contributed by atoms with Gasteiger partial charge in [0.2, 0.25) is 0 Å². The highest BCUT2D eigenvalue weighted by molar-refractivity contribution is 5.94. The van der Waals surface area contributed by atoms with E-state index in [1.54, 1.807) is 0 Å². The fourth-order valence-electron chi connectivity index (χ4n) is 2.23. The number of carbonyl (C=O) groups is 1. The minimum atomic E-state index is 0.0306. The maximum absolute atomic E-state index is 12.1. The Hall–Kier alpha value is -1.51. The van der Waals surface area contributed by atoms with Crippen LogP contribution >= 0.6 is 0 Å². The van der Waals surface area contributed by atoms with Crippen LogP contribution in [0.25, 0.3) is 0 Å². The average molecular weight is 276 g/mol. The standard InChI is InChI=1S/C17H28N2O/c1-4-7-8-14(5-2)13-19-17(20)15-9-11-16(12-10-15)18-6-3/h9-12,14,18H,4-8,13H2,1-3H3,(H,19,20). The zero-order chi connectivity index (χ0) is 14.8. The fourth-order valence-corrected chi connectivity index (χ4v) is 2.23. The summed E-state index contributed by atoms with van der Waals surface area (Å²) in [5.74, 6) is 0.628. The highest BCUT2D eigenvalue weighted by Crippen LogP contribution is 2.12. The van der Waals surface area contributed by atoms with Crippen LogP contribution in [-0.2, 0) is 0 Å². The van der Waals surface area contributed by atoms with Crippen LogP contribution in [0.4, 0.5) is 5.69 Å². The third kappa shape index (κ3) is 5.64. The molecule has 112 valence electrons. The molecule has 0 spiro atoms. The van der Waals surface area contributed by atoms with E-state index >= 15 is 0 Å². The summed E-state index contributed by atoms with van der Waals surface area (Å²) in [4.78, 5) is 12.1. The van der Waals surface area contributed by atoms with Crippen LogP contribution in [0.3, 0.4) is 0 Å². The first-order chi connectivity index (χ1) is 9.71. The number of carbonyl (C=O) groups excluding carboxylic acids is 1. The van der Waals surface area contributed by atoms with Gasteiger partial charge in [-0.1, -0.05) is 33.1 Å². The average Bonchev–Trinajstić information content (AvgIpc) is 2.48. The lowest BCUT2D eigenvalue weighted by Crippen LogP contribution is -2.29. The quantitative estimate of drug-likeness (QED) is 0.714. The number of amides is 1. The maximum atomic E-state index is 12.1. The van der Waals surface area contributed by atoms with Crippen LogP contribution in [0, 0.1) is 5.92 Å². The molecule has 0 fully saturated rings. The van der Waals surface area contributed by atoms with Crippen molar-refractivity contribution in [2.75, 3.05) is 18.4 Å². The Kier molecular flexibility index (Phi) is 7.78. The van der Waals surface area contributed by atoms with Crippen LogP contribution in [0.5, 0.6) is 0 Å². The second kappa shape index (κ2) is 9.40. The van der Waals surface area contributed by atoms with Gasteiger partial charge in [-0.15, -0.1) is 0 Å². The van der Waals surface area contributed by atoms with Gasteiger partial charge in [-0.25, -0.2) is 0 Å². The third-order valence-corrected chi connectivity index (χ3v) is 3.62. The first kappa shape index (κ1) is 16.5. The molecule has 1 atom stereocenters. The van der Waals surface area contributed by atoms with Crippen molar-refractivity contribution in [3.05, 3.63) is 29.8 Å². The SMILES string of the molecule is CCCCC(CC)CNC(=O)c1ccc(NCC)cc1. The topological polar surface area (TPSA) is 41.1 Å². The van der Waals surface area contributed by atoms with Gasteiger partial charge in [0.05, 0.1) is 0 Å². The van der Waals surface area contributed by atoms with E-state index in [4.69, 9.17) is 0 Å². The Labute approximate surface area is 123 Å². The summed E-state index contributed by atoms with van der Waals surface area (Å²) >= 11 is 0. The lowest BCUT2D eigenvalue weighted by atomic mass is 9.99. The van der Waals surface area contributed by atoms with Gasteiger partial charge in [-0.05, 0) is 43.5 Å². The Morgan fingerprint density at radius 2 is 1.85 bits per heavy atom. The van der Waals surface area contributed by atoms with E-state index in [-0.39, 0.29) is 5.91 Å². The second-order valence-electron chi connectivity index (χ2n) is 5.23. The number of unbranched alkanes of at least 4 members (excludes halogenated alkanes) is 1. The number of hydrogen-bond donors (Lipinski definition) is 2. The van der Waals surface area contributed by atoms with E-state index in [1.807, 2.05) is 24.3 Å². The first-order valence-corrected chi connectivity index (χ1v) is 7.83. The lowest BCUT2D eigenvalue weighted by molar-refractivity contribution is 0.0946. The molecule has 1 aromatic carbocycles. The summed E-state index contributed by atoms with van der Waals surface area (Å²) in [6.07, 6.45) is 4.79. The minimum Gasteiger partial charge on any atom is -0.385 e. The lowest BCUT2D eigenvalue weighted by Gasteiger charge is -2.15. The first-order valence-electron chi connectivity index (χ1n) is 7.83. The van der Waals surface area contributed by atoms with Gasteiger partial charge in [0, 0.05) is 24.3 Å². The molecular formula is C17H28N2O. The van der Waals surface area contributed by atoms with Crippen molar-refractivity contribution in [1.82, 2.24) is 5.32 Å². The van der Waals surface area contributed by atoms with Gasteiger partial charge in [0.25, 0.3) is 5.91 Å². The van der Waals surface area contributed by atoms with Crippen LogP contribution in [0.15, 0.2) is 24.3 Å². The van der Waals surface area contributed by atoms with E-state index < -0.39 is 0 Å². The Morgan fingerprint density at radius 3 is 2.40 bits per heavy atom. The zero-order valence-electron chi connectivity index (χ0n) is 13.0. The van der Waals surface area contributed by atoms with Crippen LogP contribution < -0.4 is 10.6 Å². The Bertz CT molecular complexity index is 386. The summed E-state index contributed by atoms with van der Waals surface area (Å²) in [6.45, 7) is 8.13. The van der Waals surface area contributed by atoms with Gasteiger partial charge in [0.1, 0.15) is 0 Å². The predicted molar refractivity (Wildman–Crippen MR) is 86.2 cm³/mol. The smallest absolute Gasteiger partial charge is 0.251 e. The molecule has 3 heteroatoms. The second-order valence-corrected chi connectivity index (χ2v) is 5.23. The van der Waals surface area contributed by atoms with E-state index in [9.17, 15) is 4.79 Å². The molecule has 1 aromatic rings. The Morgan fingerprint density at radius 1 is 1.15 bits per heavy atom. The Balaban J connectivity index is 2.45. The summed E-state index contributed by atoms with van der Waals surface area (Å²) in [7, 11) is 0. The van der Waals surface area contributed by atoms with Crippen molar-refractivity contribution in [3.8, 4) is 0 Å². The molecule has 1 unspecified atom stereocenters. The van der Waals surface area contributed by atoms with Crippen LogP contribution in [-0.4, -0.2) is 19.0 Å². The minimum absolute atomic E-state index is 0.0306. The largest absolute Gasteiger partial charge is 0.385 e. The van der Waals surface area contributed by atoms with Gasteiger partial charge in [-0.2, -0.15) is 0 Å². The van der Waals surface area contributed by atoms with Crippen molar-refractivity contribution in [2.24, 2.45) is 5.92 Å². The van der Waals surface area contributed by atoms with Gasteiger partial charge in [-0.3, -0.25) is 4.79 Å². The van der Waals surface area contributed by atoms with Crippen molar-refractivity contribution in [3.63, 3.8) is 0 Å². The molecule has 0 saturated heterocycles. The molecule has 0 bridgehead atoms. The van der Waals surface area contributed by atoms with Crippen LogP contribution in [0.1, 0.15) is 56.8 Å². The zero-order valence-corrected chi connectivity index (χ0v) is 13.0. The molecule has 0 radical (unpaired) electrons. The van der Waals surface area contributed by atoms with E-state index in [0.29, 0.717) is 5.92 Å². The molecule has 2 N–H and O–H groups in total. The van der Waals surface area contributed by atoms with Gasteiger partial charge >= 0.3 is 0 Å². The van der Waals surface area contributed by atoms with Crippen molar-refractivity contribution >= 4 is 11.6 Å². The molecule has 1 rings (SSSR count). The molecule has 0 heterocycles. The summed E-state index contributed by atoms with van der Waals surface area (Å²) in [6, 6.07) is 7.65. The number of nitrogens with one attached hydrogen (secondary N) is 2. The van der Waals surface area contributed by atoms with Gasteiger partial charge < -0.3 is 10.6 Å². The molecule has 3 nitrogen and oxygen atoms in total. The highest BCUT2D eigenvalue weighted by Gasteiger charge is 2.09. The number of hydrogen-bond acceptors (Lipinski definition) is 2. The van der Waals surface area contributed by atoms with E-state index in [1.165, 1.54) is 19.3 Å². The summed E-state index contributed by atoms with van der Waals surface area (Å²) < 4.78 is 0. The molecule has 0 aliphatic carbocycles. The maximum Gasteiger partial charge on any atom is 0.251 e. The third-order valence-electron chi connectivity index (χ3n) is 3.62. The number of benzene rings is 1. The predicted octanol–water partition coefficient (Wildman–Crippen LogP) is 4.06. The van der Waals surface area contributed by atoms with E-state index in [0.717, 1.165) is 30.8 Å². The molecule has 0 aromatic heterocycles. The van der Waals surface area contributed by atoms with Crippen molar-refractivity contribution in [1.29, 1.82) is 0 Å². The van der Waals surface area contributed by atoms with Crippen molar-refractivity contribution in [2.45, 2.75) is 46.5 Å². The summed E-state index contributed by atoms with van der Waals surface area (Å²) in [5, 5.41) is 6.28. The highest BCUT2D eigenvalue weighted by atomic mass is 16.1. The van der Waals surface area contributed by atoms with Crippen molar-refractivity contribution < 1.29 is 4.79 Å². The number of rotatable bonds is 9. The van der Waals surface area contributed by atoms with Crippen LogP contribution in [0.2, 0.25) is 0 Å².